The van der Waals surface area contributed by atoms with Crippen LogP contribution in [0.4, 0.5) is 0 Å². The Bertz CT molecular complexity index is 7.61. The van der Waals surface area contributed by atoms with Gasteiger partial charge in [-0.05, 0) is 4.43 Å². The van der Waals surface area contributed by atoms with E-state index >= 15 is 0 Å². The van der Waals surface area contributed by atoms with Gasteiger partial charge in [0.2, 0.25) is 0 Å². The fourth-order valence-corrected chi connectivity index (χ4v) is 0. The molecule has 0 aliphatic heterocycles. The third-order valence-electron chi connectivity index (χ3n) is 0. The first-order valence-electron chi connectivity index (χ1n) is 0.974. The molecule has 0 N–H and O–H groups in total. The van der Waals surface area contributed by atoms with Crippen molar-refractivity contribution in [2.24, 2.45) is 0 Å². The minimum atomic E-state index is 0. The zero-order valence-corrected chi connectivity index (χ0v) is 10.9. The van der Waals surface area contributed by atoms with Gasteiger partial charge >= 0.3 is 51.4 Å². The van der Waals surface area contributed by atoms with Crippen molar-refractivity contribution in [2.75, 3.05) is 4.43 Å². The summed E-state index contributed by atoms with van der Waals surface area (Å²) in [4.78, 5) is 0. The van der Waals surface area contributed by atoms with Crippen molar-refractivity contribution in [2.45, 2.75) is 6.92 Å². The van der Waals surface area contributed by atoms with E-state index < -0.39 is 0 Å². The summed E-state index contributed by atoms with van der Waals surface area (Å²) in [7, 11) is 0. The quantitative estimate of drug-likeness (QED) is 0.239. The van der Waals surface area contributed by atoms with Crippen LogP contribution in [0.2, 0.25) is 0 Å². The molecule has 0 heterocycles. The van der Waals surface area contributed by atoms with Crippen LogP contribution in [0.5, 0.6) is 0 Å². The Labute approximate surface area is 106 Å². The minimum Gasteiger partial charge on any atom is -1.00 e. The molecule has 0 aromatic carbocycles. The summed E-state index contributed by atoms with van der Waals surface area (Å²) in [5.74, 6) is 0. The molecule has 3 heteroatoms. The fraction of sp³-hybridized carbons (Fsp3) is 1.00. The fourth-order valence-electron chi connectivity index (χ4n) is 0. The van der Waals surface area contributed by atoms with E-state index in [2.05, 4.69) is 29.5 Å². The summed E-state index contributed by atoms with van der Waals surface area (Å²) in [6, 6.07) is 0. The molecular formula is C2H5I2K. The molecule has 0 nitrogen and oxygen atoms in total. The van der Waals surface area contributed by atoms with Crippen LogP contribution in [0.3, 0.4) is 0 Å². The normalized spacial score (nSPS) is 3.60. The van der Waals surface area contributed by atoms with Crippen molar-refractivity contribution < 1.29 is 75.4 Å². The maximum Gasteiger partial charge on any atom is 1.00 e. The Balaban J connectivity index is -0.0000000200. The van der Waals surface area contributed by atoms with Gasteiger partial charge in [-0.1, -0.05) is 29.5 Å². The van der Waals surface area contributed by atoms with Crippen LogP contribution < -0.4 is 75.4 Å². The maximum atomic E-state index is 2.29. The molecule has 28 valence electrons. The molecule has 0 amide bonds. The molecular weight excluding hydrogens is 317 g/mol. The van der Waals surface area contributed by atoms with Gasteiger partial charge in [-0.25, -0.2) is 0 Å². The van der Waals surface area contributed by atoms with Crippen LogP contribution in [0, 0.1) is 0 Å². The molecule has 0 saturated heterocycles. The molecule has 0 aliphatic carbocycles. The van der Waals surface area contributed by atoms with Crippen molar-refractivity contribution >= 4 is 22.6 Å². The third kappa shape index (κ3) is 19.2. The Morgan fingerprint density at radius 3 is 1.60 bits per heavy atom. The number of halogens is 2. The van der Waals surface area contributed by atoms with E-state index in [1.165, 1.54) is 4.43 Å². The largest absolute Gasteiger partial charge is 1.00 e. The second-order valence-electron chi connectivity index (χ2n) is 0.267. The van der Waals surface area contributed by atoms with Crippen molar-refractivity contribution in [3.05, 3.63) is 0 Å². The predicted molar refractivity (Wildman–Crippen MR) is 24.6 cm³/mol. The van der Waals surface area contributed by atoms with E-state index in [1.807, 2.05) is 0 Å². The number of hydrogen-bond donors (Lipinski definition) is 0. The standard InChI is InChI=1S/C2H5I.HI.K/c1-2-3;;/h2H2,1H3;1H;/q;;+1/p-1. The van der Waals surface area contributed by atoms with Gasteiger partial charge in [0.15, 0.2) is 0 Å². The summed E-state index contributed by atoms with van der Waals surface area (Å²) in [5, 5.41) is 0. The van der Waals surface area contributed by atoms with E-state index in [0.29, 0.717) is 0 Å². The van der Waals surface area contributed by atoms with Gasteiger partial charge in [-0.15, -0.1) is 0 Å². The van der Waals surface area contributed by atoms with Crippen LogP contribution in [0.15, 0.2) is 0 Å². The second-order valence-corrected chi connectivity index (χ2v) is 1.79. The Kier molecular flexibility index (Phi) is 49.3. The van der Waals surface area contributed by atoms with Gasteiger partial charge in [-0.3, -0.25) is 0 Å². The van der Waals surface area contributed by atoms with Gasteiger partial charge in [0, 0.05) is 0 Å². The molecule has 0 unspecified atom stereocenters. The summed E-state index contributed by atoms with van der Waals surface area (Å²) in [6.45, 7) is 2.11. The van der Waals surface area contributed by atoms with Crippen LogP contribution in [0.25, 0.3) is 0 Å². The molecule has 0 radical (unpaired) electrons. The first-order valence-corrected chi connectivity index (χ1v) is 2.50. The van der Waals surface area contributed by atoms with Gasteiger partial charge < -0.3 is 24.0 Å². The number of alkyl halides is 1. The van der Waals surface area contributed by atoms with Crippen LogP contribution in [0.1, 0.15) is 6.92 Å². The van der Waals surface area contributed by atoms with E-state index in [-0.39, 0.29) is 75.4 Å². The average Bonchev–Trinajstić information content (AvgIpc) is 0.918. The van der Waals surface area contributed by atoms with Crippen LogP contribution >= 0.6 is 22.6 Å². The maximum absolute atomic E-state index is 2.29. The molecule has 0 aromatic rings. The van der Waals surface area contributed by atoms with Gasteiger partial charge in [0.05, 0.1) is 0 Å². The predicted octanol–water partition coefficient (Wildman–Crippen LogP) is -4.55. The van der Waals surface area contributed by atoms with E-state index in [4.69, 9.17) is 0 Å². The zero-order valence-electron chi connectivity index (χ0n) is 3.46. The van der Waals surface area contributed by atoms with Gasteiger partial charge in [-0.2, -0.15) is 0 Å². The summed E-state index contributed by atoms with van der Waals surface area (Å²) in [6.07, 6.45) is 0. The first-order chi connectivity index (χ1) is 1.41. The van der Waals surface area contributed by atoms with Crippen molar-refractivity contribution in [1.82, 2.24) is 0 Å². The van der Waals surface area contributed by atoms with E-state index in [9.17, 15) is 0 Å². The molecule has 0 saturated carbocycles. The Morgan fingerprint density at radius 1 is 1.60 bits per heavy atom. The number of hydrogen-bond acceptors (Lipinski definition) is 0. The van der Waals surface area contributed by atoms with E-state index in [1.54, 1.807) is 0 Å². The van der Waals surface area contributed by atoms with Crippen LogP contribution in [-0.2, 0) is 0 Å². The Hall–Kier alpha value is 3.10. The van der Waals surface area contributed by atoms with Crippen molar-refractivity contribution in [1.29, 1.82) is 0 Å². The summed E-state index contributed by atoms with van der Waals surface area (Å²) < 4.78 is 1.22. The molecule has 0 spiro atoms. The smallest absolute Gasteiger partial charge is 1.00 e. The molecule has 0 atom stereocenters. The van der Waals surface area contributed by atoms with E-state index in [0.717, 1.165) is 0 Å². The monoisotopic (exact) mass is 322 g/mol. The van der Waals surface area contributed by atoms with Gasteiger partial charge in [0.25, 0.3) is 0 Å². The molecule has 0 bridgehead atoms. The molecule has 5 heavy (non-hydrogen) atoms. The SMILES string of the molecule is CCI.[I-].[K+]. The third-order valence-corrected chi connectivity index (χ3v) is 0. The molecule has 0 aromatic heterocycles. The average molecular weight is 322 g/mol. The van der Waals surface area contributed by atoms with Crippen molar-refractivity contribution in [3.63, 3.8) is 0 Å². The summed E-state index contributed by atoms with van der Waals surface area (Å²) in [5.41, 5.74) is 0. The zero-order chi connectivity index (χ0) is 2.71. The summed E-state index contributed by atoms with van der Waals surface area (Å²) >= 11 is 2.29. The molecule has 0 aliphatic rings. The van der Waals surface area contributed by atoms with Gasteiger partial charge in [0.1, 0.15) is 0 Å². The second kappa shape index (κ2) is 15.7. The topological polar surface area (TPSA) is 0 Å². The van der Waals surface area contributed by atoms with Crippen molar-refractivity contribution in [3.8, 4) is 0 Å². The first kappa shape index (κ1) is 15.7. The Morgan fingerprint density at radius 2 is 1.60 bits per heavy atom. The van der Waals surface area contributed by atoms with Crippen LogP contribution in [-0.4, -0.2) is 4.43 Å². The molecule has 0 fully saturated rings. The number of rotatable bonds is 0. The minimum absolute atomic E-state index is 0. The molecule has 0 rings (SSSR count).